The molecule has 2 aliphatic rings. The van der Waals surface area contributed by atoms with Crippen LogP contribution in [0, 0.1) is 0 Å². The van der Waals surface area contributed by atoms with Gasteiger partial charge in [0.2, 0.25) is 5.60 Å². The van der Waals surface area contributed by atoms with E-state index in [0.717, 1.165) is 12.3 Å². The first-order valence-corrected chi connectivity index (χ1v) is 11.5. The molecule has 3 heterocycles. The average molecular weight is 498 g/mol. The van der Waals surface area contributed by atoms with Crippen LogP contribution in [0.1, 0.15) is 11.8 Å². The van der Waals surface area contributed by atoms with Crippen LogP contribution >= 0.6 is 6.72 Å². The monoisotopic (exact) mass is 498 g/mol. The number of H-pyrrole nitrogens is 1. The van der Waals surface area contributed by atoms with Gasteiger partial charge in [0.15, 0.2) is 12.3 Å². The van der Waals surface area contributed by atoms with Gasteiger partial charge in [-0.25, -0.2) is 13.6 Å². The molecule has 2 N–H and O–H groups in total. The summed E-state index contributed by atoms with van der Waals surface area (Å²) in [5, 5.41) is 10.1. The molecule has 1 aromatic carbocycles. The highest BCUT2D eigenvalue weighted by Crippen LogP contribution is 2.58. The number of hydrogen-bond donors (Lipinski definition) is 2. The fourth-order valence-electron chi connectivity index (χ4n) is 3.26. The lowest BCUT2D eigenvalue weighted by Gasteiger charge is -2.35. The van der Waals surface area contributed by atoms with E-state index in [4.69, 9.17) is 30.1 Å². The van der Waals surface area contributed by atoms with Crippen molar-refractivity contribution in [2.75, 3.05) is 6.61 Å². The number of hydrogen-bond acceptors (Lipinski definition) is 8. The molecule has 2 aromatic rings. The van der Waals surface area contributed by atoms with Crippen molar-refractivity contribution in [3.05, 3.63) is 62.9 Å². The lowest BCUT2D eigenvalue weighted by atomic mass is 9.95. The molecule has 15 heteroatoms. The number of para-hydroxylation sites is 1. The highest BCUT2D eigenvalue weighted by atomic mass is 32.5. The molecule has 0 aliphatic carbocycles. The number of ether oxygens (including phenoxy) is 1. The summed E-state index contributed by atoms with van der Waals surface area (Å²) in [5.74, 6) is -4.34. The number of aromatic nitrogens is 2. The average Bonchev–Trinajstić information content (AvgIpc) is 2.93. The number of alkyl halides is 4. The Bertz CT molecular complexity index is 1190. The van der Waals surface area contributed by atoms with Crippen LogP contribution in [0.3, 0.4) is 0 Å². The maximum atomic E-state index is 14.9. The molecule has 1 saturated heterocycles. The molecule has 32 heavy (non-hydrogen) atoms. The molecule has 0 bridgehead atoms. The molecule has 0 spiro atoms. The predicted molar refractivity (Wildman–Crippen MR) is 103 cm³/mol. The first-order chi connectivity index (χ1) is 15.0. The summed E-state index contributed by atoms with van der Waals surface area (Å²) >= 11 is 5.10. The number of nitrogens with zero attached hydrogens (tertiary/aromatic N) is 1. The van der Waals surface area contributed by atoms with Gasteiger partial charge >= 0.3 is 18.3 Å². The zero-order chi connectivity index (χ0) is 23.3. The third-order valence-corrected chi connectivity index (χ3v) is 7.18. The zero-order valence-corrected chi connectivity index (χ0v) is 17.5. The van der Waals surface area contributed by atoms with E-state index in [2.05, 4.69) is 0 Å². The Morgan fingerprint density at radius 1 is 1.31 bits per heavy atom. The van der Waals surface area contributed by atoms with E-state index in [1.54, 1.807) is 23.2 Å². The van der Waals surface area contributed by atoms with E-state index < -0.39 is 54.9 Å². The van der Waals surface area contributed by atoms with Crippen LogP contribution in [0.5, 0.6) is 5.75 Å². The summed E-state index contributed by atoms with van der Waals surface area (Å²) in [4.78, 5) is 24.9. The van der Waals surface area contributed by atoms with Crippen LogP contribution in [-0.4, -0.2) is 45.3 Å². The lowest BCUT2D eigenvalue weighted by molar-refractivity contribution is -0.242. The first kappa shape index (κ1) is 23.1. The molecule has 0 radical (unpaired) electrons. The minimum Gasteiger partial charge on any atom is -0.424 e. The van der Waals surface area contributed by atoms with Gasteiger partial charge in [-0.05, 0) is 6.07 Å². The van der Waals surface area contributed by atoms with E-state index in [9.17, 15) is 32.3 Å². The van der Waals surface area contributed by atoms with Crippen molar-refractivity contribution in [1.82, 2.24) is 9.55 Å². The summed E-state index contributed by atoms with van der Waals surface area (Å²) in [6.45, 7) is -5.38. The number of aromatic amines is 1. The molecular weight excluding hydrogens is 483 g/mol. The van der Waals surface area contributed by atoms with E-state index >= 15 is 0 Å². The Morgan fingerprint density at radius 3 is 2.72 bits per heavy atom. The van der Waals surface area contributed by atoms with Crippen molar-refractivity contribution in [2.24, 2.45) is 0 Å². The minimum absolute atomic E-state index is 0.0929. The molecule has 4 rings (SSSR count). The fraction of sp³-hybridized carbons (Fsp3) is 0.412. The second-order valence-electron chi connectivity index (χ2n) is 6.98. The van der Waals surface area contributed by atoms with Gasteiger partial charge in [0, 0.05) is 29.6 Å². The van der Waals surface area contributed by atoms with Gasteiger partial charge in [-0.2, -0.15) is 8.78 Å². The maximum Gasteiger partial charge on any atom is 0.381 e. The van der Waals surface area contributed by atoms with Crippen LogP contribution < -0.4 is 15.8 Å². The number of benzene rings is 1. The smallest absolute Gasteiger partial charge is 0.381 e. The Kier molecular flexibility index (Phi) is 5.80. The van der Waals surface area contributed by atoms with Crippen LogP contribution in [-0.2, 0) is 32.2 Å². The Morgan fingerprint density at radius 2 is 2.03 bits per heavy atom. The van der Waals surface area contributed by atoms with Gasteiger partial charge in [-0.15, -0.1) is 0 Å². The quantitative estimate of drug-likeness (QED) is 0.475. The molecule has 4 unspecified atom stereocenters. The van der Waals surface area contributed by atoms with Gasteiger partial charge in [-0.3, -0.25) is 23.4 Å². The number of halogens is 4. The van der Waals surface area contributed by atoms with Gasteiger partial charge < -0.3 is 14.4 Å². The van der Waals surface area contributed by atoms with Crippen molar-refractivity contribution < 1.29 is 41.0 Å². The van der Waals surface area contributed by atoms with E-state index in [-0.39, 0.29) is 12.4 Å². The number of aliphatic hydroxyl groups excluding tert-OH is 1. The number of aliphatic hydroxyl groups is 1. The third kappa shape index (κ3) is 3.70. The summed E-state index contributed by atoms with van der Waals surface area (Å²) in [7, 11) is 0. The molecule has 1 aromatic heterocycles. The third-order valence-electron chi connectivity index (χ3n) is 5.01. The van der Waals surface area contributed by atoms with Gasteiger partial charge in [0.1, 0.15) is 5.75 Å². The van der Waals surface area contributed by atoms with Crippen LogP contribution in [0.15, 0.2) is 46.1 Å². The predicted octanol–water partition coefficient (Wildman–Crippen LogP) is 1.92. The molecule has 0 amide bonds. The van der Waals surface area contributed by atoms with Crippen molar-refractivity contribution in [3.8, 4) is 5.75 Å². The Labute approximate surface area is 181 Å². The Hall–Kier alpha value is -2.09. The molecular formula is C17H15F4N2O7PS. The van der Waals surface area contributed by atoms with E-state index in [1.165, 1.54) is 6.07 Å². The SMILES string of the molecule is O=c1ccn(C2OC(COP3(=S)OCc4ccccc4O3)(C(F)F)C(F)(F)C2O)c(=O)[nH]1. The molecule has 9 nitrogen and oxygen atoms in total. The normalized spacial score (nSPS) is 31.3. The highest BCUT2D eigenvalue weighted by Gasteiger charge is 2.74. The second kappa shape index (κ2) is 8.04. The van der Waals surface area contributed by atoms with E-state index in [1.807, 2.05) is 0 Å². The lowest BCUT2D eigenvalue weighted by Crippen LogP contribution is -2.57. The summed E-state index contributed by atoms with van der Waals surface area (Å²) in [5.41, 5.74) is -5.21. The van der Waals surface area contributed by atoms with Gasteiger partial charge in [0.25, 0.3) is 12.0 Å². The highest BCUT2D eigenvalue weighted by molar-refractivity contribution is 8.07. The van der Waals surface area contributed by atoms with Crippen LogP contribution in [0.2, 0.25) is 0 Å². The van der Waals surface area contributed by atoms with Gasteiger partial charge in [0.05, 0.1) is 13.2 Å². The van der Waals surface area contributed by atoms with Crippen LogP contribution in [0.25, 0.3) is 0 Å². The summed E-state index contributed by atoms with van der Waals surface area (Å²) in [6, 6.07) is 7.27. The van der Waals surface area contributed by atoms with Crippen molar-refractivity contribution in [1.29, 1.82) is 0 Å². The minimum atomic E-state index is -4.59. The summed E-state index contributed by atoms with van der Waals surface area (Å²) in [6.07, 6.45) is -8.27. The van der Waals surface area contributed by atoms with Crippen molar-refractivity contribution in [2.45, 2.75) is 36.9 Å². The standard InChI is InChI=1S/C17H15F4N2O7PS/c18-14(19)16(8-28-31(32)27-7-9-3-1-2-4-10(9)30-31)17(20,21)12(25)13(29-16)23-6-5-11(24)22-15(23)26/h1-6,12-14,25H,7-8H2,(H,22,24,26). The number of rotatable bonds is 5. The van der Waals surface area contributed by atoms with E-state index in [0.29, 0.717) is 10.1 Å². The molecule has 174 valence electrons. The van der Waals surface area contributed by atoms with Crippen LogP contribution in [0.4, 0.5) is 17.6 Å². The largest absolute Gasteiger partial charge is 0.424 e. The number of nitrogens with one attached hydrogen (secondary N) is 1. The molecule has 4 atom stereocenters. The molecule has 1 fully saturated rings. The molecule has 0 saturated carbocycles. The fourth-order valence-corrected chi connectivity index (χ4v) is 5.06. The number of fused-ring (bicyclic) bond motifs is 1. The molecule has 2 aliphatic heterocycles. The Balaban J connectivity index is 1.63. The topological polar surface area (TPSA) is 112 Å². The first-order valence-electron chi connectivity index (χ1n) is 8.99. The van der Waals surface area contributed by atoms with Crippen molar-refractivity contribution >= 4 is 18.5 Å². The summed E-state index contributed by atoms with van der Waals surface area (Å²) < 4.78 is 79.0. The second-order valence-corrected chi connectivity index (χ2v) is 9.91. The maximum absolute atomic E-state index is 14.9. The van der Waals surface area contributed by atoms with Gasteiger partial charge in [-0.1, -0.05) is 18.2 Å². The zero-order valence-electron chi connectivity index (χ0n) is 15.8. The van der Waals surface area contributed by atoms with Crippen molar-refractivity contribution in [3.63, 3.8) is 0 Å².